The molecule has 134 valence electrons. The standard InChI is InChI=1S/C19H25N3O2S/c1-6-11-22-17(12-24-15-9-7-14(2)8-10-15)20-21-18(22)25-13-16(23)19(3,4)5/h6-10H,1,11-13H2,2-5H3. The third-order valence-electron chi connectivity index (χ3n) is 3.66. The van der Waals surface area contributed by atoms with Crippen LogP contribution >= 0.6 is 11.8 Å². The predicted octanol–water partition coefficient (Wildman–Crippen LogP) is 4.06. The Morgan fingerprint density at radius 1 is 1.28 bits per heavy atom. The lowest BCUT2D eigenvalue weighted by atomic mass is 9.92. The van der Waals surface area contributed by atoms with Crippen LogP contribution in [0.1, 0.15) is 32.2 Å². The minimum absolute atomic E-state index is 0.183. The highest BCUT2D eigenvalue weighted by atomic mass is 32.2. The Bertz CT molecular complexity index is 730. The van der Waals surface area contributed by atoms with Gasteiger partial charge < -0.3 is 4.74 Å². The van der Waals surface area contributed by atoms with Crippen LogP contribution in [0.5, 0.6) is 5.75 Å². The maximum atomic E-state index is 12.1. The summed E-state index contributed by atoms with van der Waals surface area (Å²) in [6.45, 7) is 12.5. The first-order chi connectivity index (χ1) is 11.8. The number of ketones is 1. The number of ether oxygens (including phenoxy) is 1. The molecule has 0 saturated carbocycles. The Balaban J connectivity index is 2.06. The molecule has 6 heteroatoms. The highest BCUT2D eigenvalue weighted by Crippen LogP contribution is 2.23. The second-order valence-electron chi connectivity index (χ2n) is 6.86. The Morgan fingerprint density at radius 2 is 1.96 bits per heavy atom. The number of thioether (sulfide) groups is 1. The van der Waals surface area contributed by atoms with Crippen LogP contribution in [-0.4, -0.2) is 26.3 Å². The molecule has 0 aliphatic carbocycles. The lowest BCUT2D eigenvalue weighted by molar-refractivity contribution is -0.123. The number of hydrogen-bond acceptors (Lipinski definition) is 5. The number of benzene rings is 1. The van der Waals surface area contributed by atoms with Crippen LogP contribution in [0.2, 0.25) is 0 Å². The third kappa shape index (κ3) is 5.46. The molecule has 0 atom stereocenters. The molecule has 2 rings (SSSR count). The van der Waals surface area contributed by atoms with E-state index in [2.05, 4.69) is 16.8 Å². The van der Waals surface area contributed by atoms with Crippen molar-refractivity contribution in [2.24, 2.45) is 5.41 Å². The van der Waals surface area contributed by atoms with E-state index < -0.39 is 0 Å². The summed E-state index contributed by atoms with van der Waals surface area (Å²) >= 11 is 1.40. The van der Waals surface area contributed by atoms with Crippen molar-refractivity contribution in [1.29, 1.82) is 0 Å². The predicted molar refractivity (Wildman–Crippen MR) is 101 cm³/mol. The summed E-state index contributed by atoms with van der Waals surface area (Å²) < 4.78 is 7.73. The van der Waals surface area contributed by atoms with Gasteiger partial charge in [-0.2, -0.15) is 0 Å². The van der Waals surface area contributed by atoms with Crippen molar-refractivity contribution >= 4 is 17.5 Å². The Kier molecular flexibility index (Phi) is 6.42. The van der Waals surface area contributed by atoms with Gasteiger partial charge >= 0.3 is 0 Å². The van der Waals surface area contributed by atoms with Gasteiger partial charge in [-0.1, -0.05) is 56.3 Å². The third-order valence-corrected chi connectivity index (χ3v) is 4.63. The zero-order valence-corrected chi connectivity index (χ0v) is 16.1. The second kappa shape index (κ2) is 8.34. The molecule has 0 bridgehead atoms. The van der Waals surface area contributed by atoms with Crippen molar-refractivity contribution in [2.75, 3.05) is 5.75 Å². The van der Waals surface area contributed by atoms with E-state index in [-0.39, 0.29) is 11.2 Å². The average molecular weight is 359 g/mol. The lowest BCUT2D eigenvalue weighted by Crippen LogP contribution is -2.22. The molecule has 0 spiro atoms. The van der Waals surface area contributed by atoms with Gasteiger partial charge in [0.05, 0.1) is 5.75 Å². The minimum atomic E-state index is -0.354. The number of carbonyl (C=O) groups is 1. The molecule has 0 unspecified atom stereocenters. The normalized spacial score (nSPS) is 11.4. The Hall–Kier alpha value is -2.08. The van der Waals surface area contributed by atoms with Crippen LogP contribution in [-0.2, 0) is 17.9 Å². The minimum Gasteiger partial charge on any atom is -0.486 e. The van der Waals surface area contributed by atoms with Crippen molar-refractivity contribution in [1.82, 2.24) is 14.8 Å². The summed E-state index contributed by atoms with van der Waals surface area (Å²) in [5.41, 5.74) is 0.831. The van der Waals surface area contributed by atoms with E-state index in [4.69, 9.17) is 4.74 Å². The summed E-state index contributed by atoms with van der Waals surface area (Å²) in [6, 6.07) is 7.87. The van der Waals surface area contributed by atoms with Gasteiger partial charge in [-0.05, 0) is 19.1 Å². The molecule has 0 radical (unpaired) electrons. The molecule has 1 aromatic heterocycles. The molecular weight excluding hydrogens is 334 g/mol. The SMILES string of the molecule is C=CCn1c(COc2ccc(C)cc2)nnc1SCC(=O)C(C)(C)C. The number of rotatable bonds is 8. The summed E-state index contributed by atoms with van der Waals surface area (Å²) in [5.74, 6) is 2.06. The molecule has 0 N–H and O–H groups in total. The van der Waals surface area contributed by atoms with Crippen LogP contribution in [0.3, 0.4) is 0 Å². The number of aromatic nitrogens is 3. The quantitative estimate of drug-likeness (QED) is 0.525. The monoisotopic (exact) mass is 359 g/mol. The van der Waals surface area contributed by atoms with E-state index in [0.717, 1.165) is 5.75 Å². The number of nitrogens with zero attached hydrogens (tertiary/aromatic N) is 3. The summed E-state index contributed by atoms with van der Waals surface area (Å²) in [6.07, 6.45) is 1.79. The van der Waals surface area contributed by atoms with Gasteiger partial charge in [0.1, 0.15) is 18.1 Å². The van der Waals surface area contributed by atoms with Gasteiger partial charge in [-0.3, -0.25) is 9.36 Å². The second-order valence-corrected chi connectivity index (χ2v) is 7.80. The van der Waals surface area contributed by atoms with Crippen LogP contribution in [0, 0.1) is 12.3 Å². The van der Waals surface area contributed by atoms with Crippen LogP contribution in [0.25, 0.3) is 0 Å². The molecule has 0 aliphatic heterocycles. The highest BCUT2D eigenvalue weighted by Gasteiger charge is 2.22. The smallest absolute Gasteiger partial charge is 0.192 e. The average Bonchev–Trinajstić information content (AvgIpc) is 2.93. The van der Waals surface area contributed by atoms with Crippen molar-refractivity contribution < 1.29 is 9.53 Å². The highest BCUT2D eigenvalue weighted by molar-refractivity contribution is 7.99. The maximum absolute atomic E-state index is 12.1. The molecule has 1 heterocycles. The first kappa shape index (κ1) is 19.2. The van der Waals surface area contributed by atoms with Gasteiger partial charge in [-0.25, -0.2) is 0 Å². The molecular formula is C19H25N3O2S. The first-order valence-electron chi connectivity index (χ1n) is 8.20. The van der Waals surface area contributed by atoms with E-state index in [1.165, 1.54) is 17.3 Å². The summed E-state index contributed by atoms with van der Waals surface area (Å²) in [7, 11) is 0. The van der Waals surface area contributed by atoms with Crippen molar-refractivity contribution in [2.45, 2.75) is 46.0 Å². The Labute approximate surface area is 153 Å². The molecule has 0 saturated heterocycles. The zero-order valence-electron chi connectivity index (χ0n) is 15.3. The van der Waals surface area contributed by atoms with Crippen molar-refractivity contribution in [3.05, 3.63) is 48.3 Å². The fraction of sp³-hybridized carbons (Fsp3) is 0.421. The fourth-order valence-electron chi connectivity index (χ4n) is 1.97. The van der Waals surface area contributed by atoms with E-state index in [9.17, 15) is 4.79 Å². The topological polar surface area (TPSA) is 57.0 Å². The summed E-state index contributed by atoms with van der Waals surface area (Å²) in [5, 5.41) is 9.13. The van der Waals surface area contributed by atoms with E-state index in [1.54, 1.807) is 6.08 Å². The van der Waals surface area contributed by atoms with E-state index in [0.29, 0.717) is 29.9 Å². The van der Waals surface area contributed by atoms with Gasteiger partial charge in [0.25, 0.3) is 0 Å². The zero-order chi connectivity index (χ0) is 18.4. The van der Waals surface area contributed by atoms with Gasteiger partial charge in [0, 0.05) is 12.0 Å². The lowest BCUT2D eigenvalue weighted by Gasteiger charge is -2.16. The van der Waals surface area contributed by atoms with Crippen molar-refractivity contribution in [3.8, 4) is 5.75 Å². The van der Waals surface area contributed by atoms with E-state index in [1.807, 2.05) is 56.5 Å². The molecule has 5 nitrogen and oxygen atoms in total. The number of Topliss-reactive ketones (excluding diaryl/α,β-unsaturated/α-hetero) is 1. The number of hydrogen-bond donors (Lipinski definition) is 0. The molecule has 25 heavy (non-hydrogen) atoms. The molecule has 0 aliphatic rings. The first-order valence-corrected chi connectivity index (χ1v) is 9.18. The number of carbonyl (C=O) groups excluding carboxylic acids is 1. The molecule has 0 fully saturated rings. The van der Waals surface area contributed by atoms with Crippen LogP contribution in [0.15, 0.2) is 42.1 Å². The van der Waals surface area contributed by atoms with Crippen LogP contribution < -0.4 is 4.74 Å². The van der Waals surface area contributed by atoms with Gasteiger partial charge in [0.15, 0.2) is 11.0 Å². The molecule has 0 amide bonds. The Morgan fingerprint density at radius 3 is 2.56 bits per heavy atom. The summed E-state index contributed by atoms with van der Waals surface area (Å²) in [4.78, 5) is 12.1. The number of aryl methyl sites for hydroxylation is 1. The van der Waals surface area contributed by atoms with Gasteiger partial charge in [0.2, 0.25) is 0 Å². The van der Waals surface area contributed by atoms with Gasteiger partial charge in [-0.15, -0.1) is 16.8 Å². The number of allylic oxidation sites excluding steroid dienone is 1. The van der Waals surface area contributed by atoms with E-state index >= 15 is 0 Å². The largest absolute Gasteiger partial charge is 0.486 e. The molecule has 1 aromatic carbocycles. The fourth-order valence-corrected chi connectivity index (χ4v) is 3.10. The maximum Gasteiger partial charge on any atom is 0.192 e. The van der Waals surface area contributed by atoms with Crippen LogP contribution in [0.4, 0.5) is 0 Å². The van der Waals surface area contributed by atoms with Crippen molar-refractivity contribution in [3.63, 3.8) is 0 Å². The molecule has 2 aromatic rings.